The number of fused-ring (bicyclic) bond motifs is 1. The van der Waals surface area contributed by atoms with E-state index in [1.807, 2.05) is 47.4 Å². The number of hydrogen-bond donors (Lipinski definition) is 2. The lowest BCUT2D eigenvalue weighted by molar-refractivity contribution is 0.146. The summed E-state index contributed by atoms with van der Waals surface area (Å²) in [5, 5.41) is 3.99. The van der Waals surface area contributed by atoms with Gasteiger partial charge in [0.2, 0.25) is 0 Å². The Kier molecular flexibility index (Phi) is 6.32. The molecule has 0 unspecified atom stereocenters. The zero-order valence-corrected chi connectivity index (χ0v) is 18.2. The van der Waals surface area contributed by atoms with Gasteiger partial charge in [0.05, 0.1) is 23.5 Å². The van der Waals surface area contributed by atoms with Gasteiger partial charge in [0.25, 0.3) is 0 Å². The number of ether oxygens (including phenoxy) is 2. The minimum Gasteiger partial charge on any atom is -0.491 e. The maximum atomic E-state index is 12.3. The molecule has 1 aliphatic rings. The quantitative estimate of drug-likeness (QED) is 0.547. The van der Waals surface area contributed by atoms with Gasteiger partial charge in [0.15, 0.2) is 0 Å². The van der Waals surface area contributed by atoms with Gasteiger partial charge in [-0.3, -0.25) is 0 Å². The molecule has 7 nitrogen and oxygen atoms in total. The van der Waals surface area contributed by atoms with Crippen molar-refractivity contribution in [2.24, 2.45) is 0 Å². The molecule has 2 heterocycles. The van der Waals surface area contributed by atoms with Crippen LogP contribution in [0.3, 0.4) is 0 Å². The maximum Gasteiger partial charge on any atom is 0.321 e. The maximum absolute atomic E-state index is 12.3. The number of nitrogens with zero attached hydrogens (tertiary/aromatic N) is 2. The molecule has 1 fully saturated rings. The summed E-state index contributed by atoms with van der Waals surface area (Å²) in [5.41, 5.74) is 11.1. The van der Waals surface area contributed by atoms with Crippen molar-refractivity contribution in [1.29, 1.82) is 0 Å². The van der Waals surface area contributed by atoms with Crippen LogP contribution in [0.25, 0.3) is 22.2 Å². The molecule has 1 aliphatic heterocycles. The molecule has 7 heteroatoms. The number of hydrogen-bond acceptors (Lipinski definition) is 4. The molecule has 0 radical (unpaired) electrons. The molecule has 0 spiro atoms. The first-order valence-electron chi connectivity index (χ1n) is 10.8. The molecule has 0 aliphatic carbocycles. The molecule has 0 saturated carbocycles. The number of aromatic nitrogens is 1. The fraction of sp³-hybridized carbons (Fsp3) is 0.375. The monoisotopic (exact) mass is 422 g/mol. The molecule has 1 aromatic heterocycles. The van der Waals surface area contributed by atoms with Gasteiger partial charge in [-0.05, 0) is 44.0 Å². The minimum absolute atomic E-state index is 0.0339. The van der Waals surface area contributed by atoms with E-state index in [9.17, 15) is 4.79 Å². The summed E-state index contributed by atoms with van der Waals surface area (Å²) >= 11 is 0. The molecule has 3 aromatic rings. The third-order valence-corrected chi connectivity index (χ3v) is 5.75. The van der Waals surface area contributed by atoms with Gasteiger partial charge in [-0.1, -0.05) is 12.1 Å². The Morgan fingerprint density at radius 1 is 1.10 bits per heavy atom. The predicted octanol–water partition coefficient (Wildman–Crippen LogP) is 4.56. The summed E-state index contributed by atoms with van der Waals surface area (Å²) in [6, 6.07) is 13.8. The van der Waals surface area contributed by atoms with Crippen LogP contribution in [0.2, 0.25) is 0 Å². The Morgan fingerprint density at radius 3 is 2.52 bits per heavy atom. The van der Waals surface area contributed by atoms with E-state index in [1.165, 1.54) is 0 Å². The average molecular weight is 423 g/mol. The summed E-state index contributed by atoms with van der Waals surface area (Å²) in [4.78, 5) is 14.2. The third kappa shape index (κ3) is 4.32. The van der Waals surface area contributed by atoms with Crippen molar-refractivity contribution >= 4 is 28.3 Å². The highest BCUT2D eigenvalue weighted by Gasteiger charge is 2.19. The van der Waals surface area contributed by atoms with Crippen LogP contribution < -0.4 is 15.8 Å². The van der Waals surface area contributed by atoms with Gasteiger partial charge in [-0.25, -0.2) is 4.79 Å². The first-order chi connectivity index (χ1) is 15.1. The van der Waals surface area contributed by atoms with Crippen LogP contribution in [-0.2, 0) is 11.3 Å². The number of amides is 2. The average Bonchev–Trinajstić information content (AvgIpc) is 3.41. The zero-order valence-electron chi connectivity index (χ0n) is 18.2. The molecular weight excluding hydrogens is 392 g/mol. The van der Waals surface area contributed by atoms with Gasteiger partial charge < -0.3 is 30.0 Å². The van der Waals surface area contributed by atoms with Gasteiger partial charge in [0.1, 0.15) is 12.4 Å². The van der Waals surface area contributed by atoms with Crippen LogP contribution >= 0.6 is 0 Å². The standard InChI is InChI=1S/C24H30N4O3/c1-3-28-21-16-19(31-15-14-30-2)10-11-20(21)22(25)23(28)17-6-8-18(9-7-17)26-24(29)27-12-4-5-13-27/h6-11,16H,3-5,12-15,25H2,1-2H3,(H,26,29). The second kappa shape index (κ2) is 9.31. The molecule has 1 saturated heterocycles. The van der Waals surface area contributed by atoms with Gasteiger partial charge in [-0.2, -0.15) is 0 Å². The Balaban J connectivity index is 1.60. The van der Waals surface area contributed by atoms with Crippen LogP contribution in [-0.4, -0.2) is 48.9 Å². The number of aryl methyl sites for hydroxylation is 1. The Bertz CT molecular complexity index is 1050. The van der Waals surface area contributed by atoms with E-state index in [2.05, 4.69) is 16.8 Å². The first kappa shape index (κ1) is 21.1. The second-order valence-electron chi connectivity index (χ2n) is 7.73. The first-order valence-corrected chi connectivity index (χ1v) is 10.8. The van der Waals surface area contributed by atoms with Crippen molar-refractivity contribution in [3.05, 3.63) is 42.5 Å². The molecule has 31 heavy (non-hydrogen) atoms. The molecular formula is C24H30N4O3. The molecule has 0 bridgehead atoms. The number of nitrogens with one attached hydrogen (secondary N) is 1. The number of carbonyl (C=O) groups is 1. The predicted molar refractivity (Wildman–Crippen MR) is 125 cm³/mol. The smallest absolute Gasteiger partial charge is 0.321 e. The van der Waals surface area contributed by atoms with Crippen molar-refractivity contribution < 1.29 is 14.3 Å². The minimum atomic E-state index is -0.0339. The molecule has 2 aromatic carbocycles. The topological polar surface area (TPSA) is 81.8 Å². The second-order valence-corrected chi connectivity index (χ2v) is 7.73. The van der Waals surface area contributed by atoms with E-state index in [-0.39, 0.29) is 6.03 Å². The van der Waals surface area contributed by atoms with Crippen molar-refractivity contribution in [2.45, 2.75) is 26.3 Å². The van der Waals surface area contributed by atoms with E-state index in [4.69, 9.17) is 15.2 Å². The summed E-state index contributed by atoms with van der Waals surface area (Å²) in [5.74, 6) is 0.795. The van der Waals surface area contributed by atoms with Gasteiger partial charge >= 0.3 is 6.03 Å². The number of likely N-dealkylation sites (tertiary alicyclic amines) is 1. The van der Waals surface area contributed by atoms with Crippen molar-refractivity contribution in [3.63, 3.8) is 0 Å². The molecule has 0 atom stereocenters. The van der Waals surface area contributed by atoms with Crippen LogP contribution in [0.1, 0.15) is 19.8 Å². The van der Waals surface area contributed by atoms with E-state index >= 15 is 0 Å². The Hall–Kier alpha value is -3.19. The summed E-state index contributed by atoms with van der Waals surface area (Å²) in [6.45, 7) is 5.58. The van der Waals surface area contributed by atoms with E-state index < -0.39 is 0 Å². The van der Waals surface area contributed by atoms with E-state index in [1.54, 1.807) is 7.11 Å². The number of urea groups is 1. The number of nitrogen functional groups attached to an aromatic ring is 1. The number of benzene rings is 2. The molecule has 164 valence electrons. The zero-order chi connectivity index (χ0) is 21.8. The van der Waals surface area contributed by atoms with Gasteiger partial charge in [0, 0.05) is 49.4 Å². The summed E-state index contributed by atoms with van der Waals surface area (Å²) in [7, 11) is 1.66. The van der Waals surface area contributed by atoms with Crippen molar-refractivity contribution in [2.75, 3.05) is 44.5 Å². The van der Waals surface area contributed by atoms with Gasteiger partial charge in [-0.15, -0.1) is 0 Å². The number of nitrogens with two attached hydrogens (primary N) is 1. The fourth-order valence-electron chi connectivity index (χ4n) is 4.16. The lowest BCUT2D eigenvalue weighted by Gasteiger charge is -2.16. The Morgan fingerprint density at radius 2 is 1.84 bits per heavy atom. The van der Waals surface area contributed by atoms with E-state index in [0.29, 0.717) is 13.2 Å². The van der Waals surface area contributed by atoms with Crippen molar-refractivity contribution in [3.8, 4) is 17.0 Å². The summed E-state index contributed by atoms with van der Waals surface area (Å²) < 4.78 is 13.0. The number of rotatable bonds is 7. The van der Waals surface area contributed by atoms with Crippen LogP contribution in [0.4, 0.5) is 16.2 Å². The molecule has 2 amide bonds. The molecule has 3 N–H and O–H groups in total. The van der Waals surface area contributed by atoms with Crippen LogP contribution in [0, 0.1) is 0 Å². The van der Waals surface area contributed by atoms with Crippen LogP contribution in [0.15, 0.2) is 42.5 Å². The lowest BCUT2D eigenvalue weighted by atomic mass is 10.1. The third-order valence-electron chi connectivity index (χ3n) is 5.75. The largest absolute Gasteiger partial charge is 0.491 e. The highest BCUT2D eigenvalue weighted by molar-refractivity contribution is 6.01. The number of methoxy groups -OCH3 is 1. The SMILES string of the molecule is CCn1c(-c2ccc(NC(=O)N3CCCC3)cc2)c(N)c2ccc(OCCOC)cc21. The highest BCUT2D eigenvalue weighted by Crippen LogP contribution is 2.38. The number of carbonyl (C=O) groups excluding carboxylic acids is 1. The fourth-order valence-corrected chi connectivity index (χ4v) is 4.16. The van der Waals surface area contributed by atoms with Crippen molar-refractivity contribution in [1.82, 2.24) is 9.47 Å². The van der Waals surface area contributed by atoms with E-state index in [0.717, 1.165) is 71.8 Å². The normalized spacial score (nSPS) is 13.7. The van der Waals surface area contributed by atoms with Crippen LogP contribution in [0.5, 0.6) is 5.75 Å². The number of anilines is 2. The highest BCUT2D eigenvalue weighted by atomic mass is 16.5. The Labute approximate surface area is 182 Å². The molecule has 4 rings (SSSR count). The lowest BCUT2D eigenvalue weighted by Crippen LogP contribution is -2.32. The summed E-state index contributed by atoms with van der Waals surface area (Å²) in [6.07, 6.45) is 2.15.